The lowest BCUT2D eigenvalue weighted by Gasteiger charge is -1.97. The van der Waals surface area contributed by atoms with Crippen molar-refractivity contribution in [3.63, 3.8) is 0 Å². The van der Waals surface area contributed by atoms with Gasteiger partial charge < -0.3 is 4.74 Å². The molecule has 0 aliphatic rings. The minimum absolute atomic E-state index is 0.841. The molecule has 0 heterocycles. The number of rotatable bonds is 4. The van der Waals surface area contributed by atoms with Gasteiger partial charge in [0, 0.05) is 0 Å². The largest absolute Gasteiger partial charge is 0.465 e. The van der Waals surface area contributed by atoms with E-state index in [9.17, 15) is 0 Å². The summed E-state index contributed by atoms with van der Waals surface area (Å²) in [6.07, 6.45) is 13.2. The van der Waals surface area contributed by atoms with Crippen molar-refractivity contribution >= 4 is 0 Å². The Morgan fingerprint density at radius 3 is 2.25 bits per heavy atom. The molecule has 0 rings (SSSR count). The first-order valence-electron chi connectivity index (χ1n) is 4.08. The molecule has 0 aliphatic carbocycles. The molecular formula is C11H16O. The van der Waals surface area contributed by atoms with Crippen LogP contribution >= 0.6 is 0 Å². The zero-order valence-electron chi connectivity index (χ0n) is 7.95. The third-order valence-electron chi connectivity index (χ3n) is 1.12. The van der Waals surface area contributed by atoms with Gasteiger partial charge in [-0.25, -0.2) is 0 Å². The molecule has 0 radical (unpaired) electrons. The van der Waals surface area contributed by atoms with Gasteiger partial charge in [-0.05, 0) is 32.9 Å². The van der Waals surface area contributed by atoms with Crippen molar-refractivity contribution in [2.75, 3.05) is 0 Å². The van der Waals surface area contributed by atoms with E-state index in [-0.39, 0.29) is 0 Å². The second kappa shape index (κ2) is 7.86. The number of ether oxygens (including phenoxy) is 1. The van der Waals surface area contributed by atoms with E-state index in [1.807, 2.05) is 57.2 Å². The van der Waals surface area contributed by atoms with Crippen molar-refractivity contribution in [1.82, 2.24) is 0 Å². The molecule has 0 saturated carbocycles. The number of allylic oxidation sites excluding steroid dienone is 6. The van der Waals surface area contributed by atoms with Crippen LogP contribution in [0.1, 0.15) is 20.8 Å². The van der Waals surface area contributed by atoms with Crippen molar-refractivity contribution in [3.8, 4) is 0 Å². The Kier molecular flexibility index (Phi) is 7.05. The maximum Gasteiger partial charge on any atom is 0.126 e. The summed E-state index contributed by atoms with van der Waals surface area (Å²) in [6.45, 7) is 5.85. The van der Waals surface area contributed by atoms with Crippen molar-refractivity contribution in [3.05, 3.63) is 48.5 Å². The van der Waals surface area contributed by atoms with Gasteiger partial charge in [0.2, 0.25) is 0 Å². The van der Waals surface area contributed by atoms with Crippen LogP contribution in [0.3, 0.4) is 0 Å². The fourth-order valence-electron chi connectivity index (χ4n) is 0.636. The van der Waals surface area contributed by atoms with Gasteiger partial charge in [-0.2, -0.15) is 0 Å². The van der Waals surface area contributed by atoms with Gasteiger partial charge in [-0.1, -0.05) is 24.3 Å². The first-order chi connectivity index (χ1) is 5.85. The first-order valence-corrected chi connectivity index (χ1v) is 4.08. The summed E-state index contributed by atoms with van der Waals surface area (Å²) in [5.41, 5.74) is 0. The van der Waals surface area contributed by atoms with Gasteiger partial charge in [-0.3, -0.25) is 0 Å². The van der Waals surface area contributed by atoms with Crippen LogP contribution in [0.2, 0.25) is 0 Å². The van der Waals surface area contributed by atoms with E-state index >= 15 is 0 Å². The Labute approximate surface area is 74.7 Å². The van der Waals surface area contributed by atoms with Crippen molar-refractivity contribution in [2.45, 2.75) is 20.8 Å². The maximum absolute atomic E-state index is 5.28. The minimum Gasteiger partial charge on any atom is -0.465 e. The van der Waals surface area contributed by atoms with Crippen LogP contribution in [-0.2, 0) is 4.74 Å². The van der Waals surface area contributed by atoms with E-state index in [2.05, 4.69) is 0 Å². The fraction of sp³-hybridized carbons (Fsp3) is 0.273. The SMILES string of the molecule is C\C=C/C(=C\C=C\C)O/C=C/C. The molecule has 0 N–H and O–H groups in total. The molecule has 12 heavy (non-hydrogen) atoms. The zero-order chi connectivity index (χ0) is 9.23. The molecule has 0 bridgehead atoms. The van der Waals surface area contributed by atoms with Crippen LogP contribution in [0.5, 0.6) is 0 Å². The van der Waals surface area contributed by atoms with Crippen LogP contribution in [0.4, 0.5) is 0 Å². The highest BCUT2D eigenvalue weighted by molar-refractivity contribution is 5.18. The summed E-state index contributed by atoms with van der Waals surface area (Å²) in [5.74, 6) is 0.841. The van der Waals surface area contributed by atoms with Gasteiger partial charge in [0.1, 0.15) is 5.76 Å². The molecule has 0 aromatic rings. The Morgan fingerprint density at radius 1 is 1.00 bits per heavy atom. The molecule has 0 fully saturated rings. The highest BCUT2D eigenvalue weighted by Gasteiger charge is 1.84. The molecule has 1 nitrogen and oxygen atoms in total. The molecule has 0 spiro atoms. The first kappa shape index (κ1) is 10.8. The second-order valence-electron chi connectivity index (χ2n) is 2.18. The normalized spacial score (nSPS) is 13.8. The van der Waals surface area contributed by atoms with E-state index in [4.69, 9.17) is 4.74 Å². The lowest BCUT2D eigenvalue weighted by molar-refractivity contribution is 0.367. The average molecular weight is 164 g/mol. The summed E-state index contributed by atoms with van der Waals surface area (Å²) in [4.78, 5) is 0. The zero-order valence-corrected chi connectivity index (χ0v) is 7.95. The lowest BCUT2D eigenvalue weighted by atomic mass is 10.4. The van der Waals surface area contributed by atoms with E-state index in [0.717, 1.165) is 5.76 Å². The Morgan fingerprint density at radius 2 is 1.75 bits per heavy atom. The molecular weight excluding hydrogens is 148 g/mol. The Hall–Kier alpha value is -1.24. The van der Waals surface area contributed by atoms with Gasteiger partial charge >= 0.3 is 0 Å². The smallest absolute Gasteiger partial charge is 0.126 e. The standard InChI is InChI=1S/C11H16O/c1-4-7-9-11(8-5-2)12-10-6-3/h4-10H,1-3H3/b7-4+,8-5-,10-6+,11-9+. The topological polar surface area (TPSA) is 9.23 Å². The minimum atomic E-state index is 0.841. The lowest BCUT2D eigenvalue weighted by Crippen LogP contribution is -1.78. The van der Waals surface area contributed by atoms with Gasteiger partial charge in [0.15, 0.2) is 0 Å². The summed E-state index contributed by atoms with van der Waals surface area (Å²) >= 11 is 0. The highest BCUT2D eigenvalue weighted by atomic mass is 16.5. The predicted molar refractivity (Wildman–Crippen MR) is 53.6 cm³/mol. The van der Waals surface area contributed by atoms with Crippen molar-refractivity contribution < 1.29 is 4.74 Å². The van der Waals surface area contributed by atoms with Crippen LogP contribution < -0.4 is 0 Å². The molecule has 0 aliphatic heterocycles. The van der Waals surface area contributed by atoms with E-state index < -0.39 is 0 Å². The third-order valence-corrected chi connectivity index (χ3v) is 1.12. The van der Waals surface area contributed by atoms with Crippen LogP contribution in [-0.4, -0.2) is 0 Å². The quantitative estimate of drug-likeness (QED) is 0.456. The molecule has 0 saturated heterocycles. The van der Waals surface area contributed by atoms with Crippen LogP contribution in [0.15, 0.2) is 48.5 Å². The predicted octanol–water partition coefficient (Wildman–Crippen LogP) is 3.57. The third kappa shape index (κ3) is 5.54. The molecule has 0 aromatic carbocycles. The number of hydrogen-bond acceptors (Lipinski definition) is 1. The number of hydrogen-bond donors (Lipinski definition) is 0. The maximum atomic E-state index is 5.28. The molecule has 66 valence electrons. The van der Waals surface area contributed by atoms with Crippen LogP contribution in [0.25, 0.3) is 0 Å². The van der Waals surface area contributed by atoms with Crippen LogP contribution in [0, 0.1) is 0 Å². The molecule has 0 unspecified atom stereocenters. The van der Waals surface area contributed by atoms with E-state index in [1.54, 1.807) is 6.26 Å². The monoisotopic (exact) mass is 164 g/mol. The Balaban J connectivity index is 4.21. The second-order valence-corrected chi connectivity index (χ2v) is 2.18. The van der Waals surface area contributed by atoms with Gasteiger partial charge in [0.25, 0.3) is 0 Å². The summed E-state index contributed by atoms with van der Waals surface area (Å²) in [6, 6.07) is 0. The molecule has 0 amide bonds. The Bertz CT molecular complexity index is 207. The van der Waals surface area contributed by atoms with E-state index in [1.165, 1.54) is 0 Å². The fourth-order valence-corrected chi connectivity index (χ4v) is 0.636. The average Bonchev–Trinajstić information content (AvgIpc) is 2.10. The molecule has 0 aromatic heterocycles. The van der Waals surface area contributed by atoms with Crippen molar-refractivity contribution in [2.24, 2.45) is 0 Å². The molecule has 1 heteroatoms. The summed E-state index contributed by atoms with van der Waals surface area (Å²) in [7, 11) is 0. The molecule has 0 atom stereocenters. The van der Waals surface area contributed by atoms with Gasteiger partial charge in [-0.15, -0.1) is 0 Å². The van der Waals surface area contributed by atoms with E-state index in [0.29, 0.717) is 0 Å². The highest BCUT2D eigenvalue weighted by Crippen LogP contribution is 2.00. The van der Waals surface area contributed by atoms with Gasteiger partial charge in [0.05, 0.1) is 6.26 Å². The van der Waals surface area contributed by atoms with Crippen molar-refractivity contribution in [1.29, 1.82) is 0 Å². The summed E-state index contributed by atoms with van der Waals surface area (Å²) in [5, 5.41) is 0. The summed E-state index contributed by atoms with van der Waals surface area (Å²) < 4.78 is 5.28.